The van der Waals surface area contributed by atoms with Gasteiger partial charge in [-0.25, -0.2) is 36.2 Å². The van der Waals surface area contributed by atoms with Crippen molar-refractivity contribution in [3.8, 4) is 22.8 Å². The molecule has 10 rings (SSSR count). The molecule has 2 amide bonds. The van der Waals surface area contributed by atoms with E-state index in [9.17, 15) is 55.2 Å². The summed E-state index contributed by atoms with van der Waals surface area (Å²) in [6, 6.07) is 28.6. The first-order valence-corrected chi connectivity index (χ1v) is 31.7. The van der Waals surface area contributed by atoms with E-state index in [-0.39, 0.29) is 98.2 Å². The molecule has 0 fully saturated rings. The van der Waals surface area contributed by atoms with Crippen LogP contribution in [0.3, 0.4) is 0 Å². The lowest BCUT2D eigenvalue weighted by Crippen LogP contribution is -2.33. The number of nitrogens with one attached hydrogen (secondary N) is 2. The first-order valence-electron chi connectivity index (χ1n) is 27.1. The Bertz CT molecular complexity index is 4520. The molecule has 0 saturated heterocycles. The second kappa shape index (κ2) is 26.9. The van der Waals surface area contributed by atoms with Crippen LogP contribution in [0.2, 0.25) is 10.2 Å². The average molecular weight is 1300 g/mol. The zero-order chi connectivity index (χ0) is 65.6. The first-order chi connectivity index (χ1) is 42.5. The Morgan fingerprint density at radius 2 is 0.989 bits per heavy atom. The third-order valence-electron chi connectivity index (χ3n) is 14.3. The molecule has 0 aliphatic carbocycles. The highest BCUT2D eigenvalue weighted by molar-refractivity contribution is 7.91. The number of benzene rings is 4. The number of sulfone groups is 2. The number of amides is 2. The second-order valence-electron chi connectivity index (χ2n) is 21.6. The van der Waals surface area contributed by atoms with Crippen molar-refractivity contribution in [3.05, 3.63) is 186 Å². The van der Waals surface area contributed by atoms with E-state index < -0.39 is 36.1 Å². The minimum atomic E-state index is -3.45. The predicted molar refractivity (Wildman–Crippen MR) is 338 cm³/mol. The topological polar surface area (TPSA) is 315 Å². The maximum atomic E-state index is 13.8. The number of pyridine rings is 2. The summed E-state index contributed by atoms with van der Waals surface area (Å²) in [6.07, 6.45) is 7.53. The molecule has 0 spiro atoms. The minimum absolute atomic E-state index is 0.0279. The zero-order valence-electron chi connectivity index (χ0n) is 49.6. The normalized spacial score (nSPS) is 13.2. The summed E-state index contributed by atoms with van der Waals surface area (Å²) in [5.74, 6) is 0.675. The molecule has 24 nitrogen and oxygen atoms in total. The Kier molecular flexibility index (Phi) is 19.8. The van der Waals surface area contributed by atoms with E-state index >= 15 is 0 Å². The Morgan fingerprint density at radius 3 is 1.42 bits per heavy atom. The lowest BCUT2D eigenvalue weighted by molar-refractivity contribution is -0.112. The number of fused-ring (bicyclic) bond motifs is 2. The molecule has 0 bridgehead atoms. The molecule has 6 heterocycles. The van der Waals surface area contributed by atoms with Gasteiger partial charge in [0.05, 0.1) is 61.7 Å². The number of hydrogen-bond acceptors (Lipinski definition) is 20. The van der Waals surface area contributed by atoms with E-state index in [1.54, 1.807) is 100 Å². The van der Waals surface area contributed by atoms with Gasteiger partial charge in [-0.15, -0.1) is 0 Å². The maximum absolute atomic E-state index is 13.8. The van der Waals surface area contributed by atoms with Gasteiger partial charge in [0.15, 0.2) is 37.4 Å². The van der Waals surface area contributed by atoms with Crippen LogP contribution in [-0.2, 0) is 54.2 Å². The van der Waals surface area contributed by atoms with E-state index in [4.69, 9.17) is 32.7 Å². The number of aromatic nitrogens is 6. The summed E-state index contributed by atoms with van der Waals surface area (Å²) in [6.45, 7) is 7.97. The van der Waals surface area contributed by atoms with Gasteiger partial charge in [-0.1, -0.05) is 53.5 Å². The molecule has 8 aromatic rings. The van der Waals surface area contributed by atoms with Crippen molar-refractivity contribution in [2.24, 2.45) is 14.1 Å². The van der Waals surface area contributed by atoms with Crippen LogP contribution < -0.4 is 41.0 Å². The molecule has 2 aliphatic heterocycles. The average Bonchev–Trinajstić information content (AvgIpc) is 1.26. The molecule has 0 radical (unpaired) electrons. The number of carbonyl (C=O) groups excluding carboxylic acids is 6. The fourth-order valence-corrected chi connectivity index (χ4v) is 10.7. The van der Waals surface area contributed by atoms with Crippen molar-refractivity contribution in [1.82, 2.24) is 29.5 Å². The molecule has 0 unspecified atom stereocenters. The van der Waals surface area contributed by atoms with Crippen molar-refractivity contribution in [2.45, 2.75) is 48.3 Å². The lowest BCUT2D eigenvalue weighted by Gasteiger charge is -2.23. The molecular weight excluding hydrogens is 1240 g/mol. The Hall–Kier alpha value is -9.76. The molecule has 2 aliphatic rings. The van der Waals surface area contributed by atoms with Gasteiger partial charge in [-0.05, 0) is 112 Å². The van der Waals surface area contributed by atoms with E-state index in [2.05, 4.69) is 30.8 Å². The number of anilines is 6. The number of carbonyl (C=O) groups is 6. The second-order valence-corrected chi connectivity index (χ2v) is 26.4. The number of nitrogens with zero attached hydrogens (tertiary/aromatic N) is 8. The molecule has 4 aromatic heterocycles. The number of ether oxygens (including phenoxy) is 2. The highest BCUT2D eigenvalue weighted by Gasteiger charge is 2.32. The van der Waals surface area contributed by atoms with E-state index in [1.807, 2.05) is 0 Å². The number of aldehydes is 4. The smallest absolute Gasteiger partial charge is 0.290 e. The molecular formula is C62H58Cl2N10O14S2. The third-order valence-corrected chi connectivity index (χ3v) is 17.0. The van der Waals surface area contributed by atoms with Crippen LogP contribution in [0.25, 0.3) is 11.3 Å². The monoisotopic (exact) mass is 1300 g/mol. The first kappa shape index (κ1) is 66.2. The zero-order valence-corrected chi connectivity index (χ0v) is 52.7. The van der Waals surface area contributed by atoms with E-state index in [1.165, 1.54) is 72.7 Å². The molecule has 28 heteroatoms. The van der Waals surface area contributed by atoms with Gasteiger partial charge in [-0.2, -0.15) is 10.2 Å². The number of halogens is 2. The van der Waals surface area contributed by atoms with Crippen LogP contribution in [0.4, 0.5) is 34.4 Å². The molecule has 2 N–H and O–H groups in total. The SMILES string of the molecule is CC(C)(C=O)c1ccc2c(c1)OCCN(c1cccc(Cl)c1C=O)C2=O.Cn1nc(-c2cccc(N3CCOc4cc(C(C)(C)C=O)ccc4C3=O)c2C=O)cc(Nc2ccc(S(C)(=O)=O)cn2)c1=O.Cn1nc(Cl)cc(Nc2ccc(S(C)(=O)=O)cn2)c1=O. The van der Waals surface area contributed by atoms with Crippen LogP contribution in [-0.4, -0.2) is 122 Å². The fraction of sp³-hybridized carbons (Fsp3) is 0.226. The molecule has 466 valence electrons. The number of aryl methyl sites for hydroxylation is 2. The lowest BCUT2D eigenvalue weighted by atomic mass is 9.85. The largest absolute Gasteiger partial charge is 0.491 e. The van der Waals surface area contributed by atoms with Crippen molar-refractivity contribution in [3.63, 3.8) is 0 Å². The summed E-state index contributed by atoms with van der Waals surface area (Å²) >= 11 is 11.9. The van der Waals surface area contributed by atoms with Crippen LogP contribution in [0.5, 0.6) is 11.5 Å². The van der Waals surface area contributed by atoms with Crippen LogP contribution in [0, 0.1) is 0 Å². The summed E-state index contributed by atoms with van der Waals surface area (Å²) in [4.78, 5) is 110. The molecule has 0 atom stereocenters. The fourth-order valence-electron chi connectivity index (χ4n) is 9.15. The molecule has 4 aromatic carbocycles. The van der Waals surface area contributed by atoms with Gasteiger partial charge in [-0.3, -0.25) is 28.8 Å². The summed E-state index contributed by atoms with van der Waals surface area (Å²) in [7, 11) is -3.83. The van der Waals surface area contributed by atoms with E-state index in [0.29, 0.717) is 63.0 Å². The van der Waals surface area contributed by atoms with Crippen LogP contribution >= 0.6 is 23.2 Å². The summed E-state index contributed by atoms with van der Waals surface area (Å²) in [5.41, 5.74) is 2.00. The van der Waals surface area contributed by atoms with Gasteiger partial charge in [0, 0.05) is 67.0 Å². The quantitative estimate of drug-likeness (QED) is 0.0919. The van der Waals surface area contributed by atoms with Crippen LogP contribution in [0.1, 0.15) is 80.3 Å². The number of hydrogen-bond donors (Lipinski definition) is 2. The Labute approximate surface area is 526 Å². The number of rotatable bonds is 15. The third kappa shape index (κ3) is 14.7. The summed E-state index contributed by atoms with van der Waals surface area (Å²) in [5, 5.41) is 14.2. The van der Waals surface area contributed by atoms with Crippen molar-refractivity contribution in [1.29, 1.82) is 0 Å². The highest BCUT2D eigenvalue weighted by atomic mass is 35.5. The van der Waals surface area contributed by atoms with E-state index in [0.717, 1.165) is 40.0 Å². The minimum Gasteiger partial charge on any atom is -0.491 e. The van der Waals surface area contributed by atoms with Crippen molar-refractivity contribution in [2.75, 3.05) is 59.2 Å². The highest BCUT2D eigenvalue weighted by Crippen LogP contribution is 2.37. The van der Waals surface area contributed by atoms with Gasteiger partial charge in [0.25, 0.3) is 22.9 Å². The maximum Gasteiger partial charge on any atom is 0.290 e. The standard InChI is InChI=1S/C31H29N5O7S.C20H18ClNO4.C11H11ClN4O3S/c1-31(2,18-38)19-8-10-22-27(14-19)43-13-12-36(29(22)39)26-7-5-6-21(23(26)17-37)24-15-25(30(40)35(3)34-24)33-28-11-9-20(16-32-28)44(4,41)42;1-20(2,12-24)13-6-7-14-18(10-13)26-9-8-22(19(14)25)17-5-3-4-16(21)15(17)11-23;1-16-11(17)8(5-9(12)15-16)14-10-4-3-7(6-13-10)20(2,18)19/h5-11,14-18H,12-13H2,1-4H3,(H,32,33);3-7,10-12H,8-9H2,1-2H3;3-6H,1-2H3,(H,13,14). The molecule has 90 heavy (non-hydrogen) atoms. The van der Waals surface area contributed by atoms with Crippen molar-refractivity contribution >= 4 is 114 Å². The van der Waals surface area contributed by atoms with Gasteiger partial charge in [0.1, 0.15) is 60.3 Å². The van der Waals surface area contributed by atoms with Gasteiger partial charge >= 0.3 is 0 Å². The summed E-state index contributed by atoms with van der Waals surface area (Å²) < 4.78 is 60.0. The van der Waals surface area contributed by atoms with Crippen LogP contribution in [0.15, 0.2) is 141 Å². The molecule has 0 saturated carbocycles. The van der Waals surface area contributed by atoms with Gasteiger partial charge < -0.3 is 39.5 Å². The van der Waals surface area contributed by atoms with Gasteiger partial charge in [0.2, 0.25) is 0 Å². The Balaban J connectivity index is 0.000000192. The predicted octanol–water partition coefficient (Wildman–Crippen LogP) is 7.96. The van der Waals surface area contributed by atoms with Crippen molar-refractivity contribution < 1.29 is 55.1 Å². The Morgan fingerprint density at radius 1 is 0.544 bits per heavy atom.